The molecule has 0 heterocycles. The van der Waals surface area contributed by atoms with Crippen molar-refractivity contribution in [2.75, 3.05) is 0 Å². The van der Waals surface area contributed by atoms with Crippen LogP contribution in [-0.4, -0.2) is 0 Å². The summed E-state index contributed by atoms with van der Waals surface area (Å²) < 4.78 is 0. The molecule has 0 rings (SSSR count). The van der Waals surface area contributed by atoms with Crippen molar-refractivity contribution in [2.45, 2.75) is 14.4 Å². The van der Waals surface area contributed by atoms with Gasteiger partial charge < -0.3 is 0 Å². The average Bonchev–Trinajstić information content (AvgIpc) is 0.918. The van der Waals surface area contributed by atoms with Crippen LogP contribution >= 0.6 is 54.0 Å². The Kier molecular flexibility index (Phi) is 696. The summed E-state index contributed by atoms with van der Waals surface area (Å²) in [6.07, 6.45) is 1.75. The Morgan fingerprint density at radius 2 is 1.00 bits per heavy atom. The van der Waals surface area contributed by atoms with Crippen molar-refractivity contribution in [3.8, 4) is 0 Å². The van der Waals surface area contributed by atoms with Gasteiger partial charge in [-0.25, -0.2) is 0 Å². The van der Waals surface area contributed by atoms with Crippen LogP contribution in [0.25, 0.3) is 0 Å². The maximum absolute atomic E-state index is 3.36. The molecule has 0 aromatic rings. The molecule has 0 atom stereocenters. The lowest BCUT2D eigenvalue weighted by molar-refractivity contribution is 1.80. The van der Waals surface area contributed by atoms with Gasteiger partial charge in [-0.15, -0.1) is 6.58 Å². The van der Waals surface area contributed by atoms with E-state index in [1.54, 1.807) is 6.08 Å². The van der Waals surface area contributed by atoms with Crippen molar-refractivity contribution >= 4 is 54.0 Å². The van der Waals surface area contributed by atoms with Gasteiger partial charge in [-0.2, -0.15) is 54.0 Å². The Bertz CT molecular complexity index is 15.5. The molecule has 0 nitrogen and oxygen atoms in total. The zero-order chi connectivity index (χ0) is 2.71. The van der Waals surface area contributed by atoms with Gasteiger partial charge in [-0.05, 0) is 6.92 Å². The second-order valence-electron chi connectivity index (χ2n) is 0.408. The van der Waals surface area contributed by atoms with Gasteiger partial charge in [0.25, 0.3) is 0 Å². The van der Waals surface area contributed by atoms with E-state index in [2.05, 4.69) is 6.58 Å². The van der Waals surface area contributed by atoms with E-state index in [4.69, 9.17) is 0 Å². The van der Waals surface area contributed by atoms with Gasteiger partial charge in [-0.3, -0.25) is 0 Å². The Hall–Kier alpha value is 1.14. The third kappa shape index (κ3) is 207. The second kappa shape index (κ2) is 90.6. The van der Waals surface area contributed by atoms with Crippen LogP contribution in [0.2, 0.25) is 0 Å². The standard InChI is InChI=1S/C3H6.CH4.4H2S/c1-3-2;;;;;/h3H,1H2,2H3;1H4;4*1H2. The highest BCUT2D eigenvalue weighted by Crippen LogP contribution is 1.38. The smallest absolute Gasteiger partial charge is 0.0473 e. The Morgan fingerprint density at radius 3 is 1.00 bits per heavy atom. The quantitative estimate of drug-likeness (QED) is 0.519. The van der Waals surface area contributed by atoms with Gasteiger partial charge in [-0.1, -0.05) is 13.5 Å². The van der Waals surface area contributed by atoms with E-state index in [9.17, 15) is 0 Å². The van der Waals surface area contributed by atoms with E-state index >= 15 is 0 Å². The molecule has 0 fully saturated rings. The first-order valence-electron chi connectivity index (χ1n) is 0.986. The summed E-state index contributed by atoms with van der Waals surface area (Å²) in [4.78, 5) is 0. The van der Waals surface area contributed by atoms with Crippen molar-refractivity contribution in [3.05, 3.63) is 12.7 Å². The number of rotatable bonds is 0. The minimum absolute atomic E-state index is 0. The predicted molar refractivity (Wildman–Crippen MR) is 64.1 cm³/mol. The first-order valence-corrected chi connectivity index (χ1v) is 0.986. The van der Waals surface area contributed by atoms with Gasteiger partial charge in [0.2, 0.25) is 0 Å². The minimum atomic E-state index is 0. The van der Waals surface area contributed by atoms with Crippen molar-refractivity contribution in [2.24, 2.45) is 0 Å². The zero-order valence-corrected chi connectivity index (χ0v) is 8.28. The monoisotopic (exact) mass is 194 g/mol. The molecule has 0 N–H and O–H groups in total. The Balaban J connectivity index is -0.00000000200. The Labute approximate surface area is 80.9 Å². The summed E-state index contributed by atoms with van der Waals surface area (Å²) in [7, 11) is 0. The van der Waals surface area contributed by atoms with Gasteiger partial charge >= 0.3 is 0 Å². The van der Waals surface area contributed by atoms with Crippen LogP contribution in [0.1, 0.15) is 14.4 Å². The minimum Gasteiger partial charge on any atom is -0.197 e. The molecule has 0 spiro atoms. The second-order valence-corrected chi connectivity index (χ2v) is 0.408. The molecule has 0 aliphatic carbocycles. The van der Waals surface area contributed by atoms with Crippen LogP contribution in [0.3, 0.4) is 0 Å². The molecule has 0 aliphatic rings. The van der Waals surface area contributed by atoms with E-state index in [1.807, 2.05) is 6.92 Å². The summed E-state index contributed by atoms with van der Waals surface area (Å²) in [6.45, 7) is 5.25. The lowest BCUT2D eigenvalue weighted by atomic mass is 10.8. The van der Waals surface area contributed by atoms with Gasteiger partial charge in [0.15, 0.2) is 0 Å². The summed E-state index contributed by atoms with van der Waals surface area (Å²) in [5, 5.41) is 0. The molecule has 0 bridgehead atoms. The summed E-state index contributed by atoms with van der Waals surface area (Å²) in [5.41, 5.74) is 0. The third-order valence-corrected chi connectivity index (χ3v) is 0. The SMILES string of the molecule is C.C=CC.S.S.S.S. The summed E-state index contributed by atoms with van der Waals surface area (Å²) in [6, 6.07) is 0. The van der Waals surface area contributed by atoms with Gasteiger partial charge in [0, 0.05) is 0 Å². The fraction of sp³-hybridized carbons (Fsp3) is 0.500. The number of hydrogen-bond donors (Lipinski definition) is 0. The highest BCUT2D eigenvalue weighted by Gasteiger charge is 1.15. The van der Waals surface area contributed by atoms with E-state index < -0.39 is 0 Å². The van der Waals surface area contributed by atoms with E-state index in [0.717, 1.165) is 0 Å². The van der Waals surface area contributed by atoms with Crippen molar-refractivity contribution < 1.29 is 0 Å². The first-order chi connectivity index (χ1) is 1.41. The van der Waals surface area contributed by atoms with Crippen molar-refractivity contribution in [3.63, 3.8) is 0 Å². The highest BCUT2D eigenvalue weighted by molar-refractivity contribution is 7.59. The molecule has 0 aromatic carbocycles. The molecule has 58 valence electrons. The van der Waals surface area contributed by atoms with Crippen LogP contribution in [0.4, 0.5) is 0 Å². The van der Waals surface area contributed by atoms with Crippen LogP contribution in [0.5, 0.6) is 0 Å². The first kappa shape index (κ1) is 61.4. The third-order valence-electron chi connectivity index (χ3n) is 0. The molecule has 4 heteroatoms. The average molecular weight is 194 g/mol. The molecule has 0 amide bonds. The predicted octanol–water partition coefficient (Wildman–Crippen LogP) is 2.28. The molecular formula is C4H18S4. The number of hydrogen-bond acceptors (Lipinski definition) is 0. The maximum Gasteiger partial charge on any atom is -0.0473 e. The molecule has 0 aliphatic heterocycles. The Morgan fingerprint density at radius 1 is 1.00 bits per heavy atom. The fourth-order valence-corrected chi connectivity index (χ4v) is 0. The summed E-state index contributed by atoms with van der Waals surface area (Å²) >= 11 is 0. The fourth-order valence-electron chi connectivity index (χ4n) is 0. The van der Waals surface area contributed by atoms with Gasteiger partial charge in [0.1, 0.15) is 0 Å². The largest absolute Gasteiger partial charge is 0.197 e. The molecule has 0 aromatic heterocycles. The van der Waals surface area contributed by atoms with E-state index in [1.165, 1.54) is 0 Å². The number of allylic oxidation sites excluding steroid dienone is 1. The normalized spacial score (nSPS) is 1.62. The molecule has 0 radical (unpaired) electrons. The maximum atomic E-state index is 3.36. The molecule has 8 heavy (non-hydrogen) atoms. The van der Waals surface area contributed by atoms with Crippen LogP contribution in [0.15, 0.2) is 12.7 Å². The lowest BCUT2D eigenvalue weighted by Gasteiger charge is -1.31. The van der Waals surface area contributed by atoms with Crippen molar-refractivity contribution in [1.82, 2.24) is 0 Å². The van der Waals surface area contributed by atoms with E-state index in [0.29, 0.717) is 0 Å². The molecule has 0 saturated heterocycles. The van der Waals surface area contributed by atoms with Crippen LogP contribution in [0, 0.1) is 0 Å². The zero-order valence-electron chi connectivity index (χ0n) is 4.28. The molecule has 0 unspecified atom stereocenters. The van der Waals surface area contributed by atoms with Crippen LogP contribution < -0.4 is 0 Å². The van der Waals surface area contributed by atoms with E-state index in [-0.39, 0.29) is 61.4 Å². The highest BCUT2D eigenvalue weighted by atomic mass is 32.1. The topological polar surface area (TPSA) is 0 Å². The van der Waals surface area contributed by atoms with Crippen LogP contribution in [-0.2, 0) is 0 Å². The molecule has 0 saturated carbocycles. The van der Waals surface area contributed by atoms with Crippen molar-refractivity contribution in [1.29, 1.82) is 0 Å². The lowest BCUT2D eigenvalue weighted by Crippen LogP contribution is -1.07. The van der Waals surface area contributed by atoms with Gasteiger partial charge in [0.05, 0.1) is 0 Å². The molecular weight excluding hydrogens is 176 g/mol. The summed E-state index contributed by atoms with van der Waals surface area (Å²) in [5.74, 6) is 0.